The van der Waals surface area contributed by atoms with Gasteiger partial charge in [0, 0.05) is 4.47 Å². The third kappa shape index (κ3) is 1.92. The van der Waals surface area contributed by atoms with E-state index in [0.717, 1.165) is 21.5 Å². The molecular formula is C10H9BrClN3. The maximum Gasteiger partial charge on any atom is 0.229 e. The molecule has 0 amide bonds. The van der Waals surface area contributed by atoms with E-state index in [-0.39, 0.29) is 0 Å². The van der Waals surface area contributed by atoms with Gasteiger partial charge in [0.2, 0.25) is 5.28 Å². The molecule has 2 rings (SSSR count). The van der Waals surface area contributed by atoms with E-state index in [2.05, 4.69) is 26.1 Å². The van der Waals surface area contributed by atoms with Crippen LogP contribution in [0, 0.1) is 13.8 Å². The van der Waals surface area contributed by atoms with Crippen molar-refractivity contribution in [2.75, 3.05) is 0 Å². The van der Waals surface area contributed by atoms with Gasteiger partial charge < -0.3 is 0 Å². The number of hydrogen-bond donors (Lipinski definition) is 0. The summed E-state index contributed by atoms with van der Waals surface area (Å²) in [6.45, 7) is 3.90. The summed E-state index contributed by atoms with van der Waals surface area (Å²) in [5.74, 6) is 0.779. The molecule has 0 aliphatic heterocycles. The van der Waals surface area contributed by atoms with Crippen LogP contribution in [0.25, 0.3) is 5.69 Å². The molecule has 0 atom stereocenters. The van der Waals surface area contributed by atoms with E-state index in [1.807, 2.05) is 32.0 Å². The van der Waals surface area contributed by atoms with Gasteiger partial charge in [-0.3, -0.25) is 4.57 Å². The zero-order chi connectivity index (χ0) is 11.0. The number of halogens is 2. The Labute approximate surface area is 101 Å². The van der Waals surface area contributed by atoms with E-state index >= 15 is 0 Å². The van der Waals surface area contributed by atoms with Crippen molar-refractivity contribution in [3.05, 3.63) is 39.3 Å². The fourth-order valence-electron chi connectivity index (χ4n) is 1.40. The molecule has 0 saturated heterocycles. The zero-order valence-electron chi connectivity index (χ0n) is 8.33. The van der Waals surface area contributed by atoms with E-state index in [1.54, 1.807) is 4.57 Å². The largest absolute Gasteiger partial charge is 0.270 e. The first-order chi connectivity index (χ1) is 7.09. The first-order valence-electron chi connectivity index (χ1n) is 4.43. The summed E-state index contributed by atoms with van der Waals surface area (Å²) in [7, 11) is 0. The zero-order valence-corrected chi connectivity index (χ0v) is 10.7. The first-order valence-corrected chi connectivity index (χ1v) is 5.60. The predicted octanol–water partition coefficient (Wildman–Crippen LogP) is 3.30. The Morgan fingerprint density at radius 3 is 2.53 bits per heavy atom. The van der Waals surface area contributed by atoms with Gasteiger partial charge in [0.05, 0.1) is 5.69 Å². The Balaban J connectivity index is 2.59. The van der Waals surface area contributed by atoms with Crippen LogP contribution in [0.1, 0.15) is 11.4 Å². The van der Waals surface area contributed by atoms with Crippen LogP contribution in [0.15, 0.2) is 22.7 Å². The molecule has 0 aliphatic rings. The highest BCUT2D eigenvalue weighted by molar-refractivity contribution is 9.10. The van der Waals surface area contributed by atoms with Gasteiger partial charge in [0.15, 0.2) is 0 Å². The average molecular weight is 287 g/mol. The Morgan fingerprint density at radius 1 is 1.27 bits per heavy atom. The van der Waals surface area contributed by atoms with Gasteiger partial charge in [0.1, 0.15) is 5.82 Å². The van der Waals surface area contributed by atoms with E-state index < -0.39 is 0 Å². The maximum atomic E-state index is 5.95. The van der Waals surface area contributed by atoms with E-state index in [1.165, 1.54) is 0 Å². The van der Waals surface area contributed by atoms with Gasteiger partial charge in [-0.25, -0.2) is 0 Å². The maximum absolute atomic E-state index is 5.95. The molecule has 0 unspecified atom stereocenters. The lowest BCUT2D eigenvalue weighted by Crippen LogP contribution is -1.97. The van der Waals surface area contributed by atoms with Crippen molar-refractivity contribution in [1.82, 2.24) is 14.8 Å². The molecule has 0 fully saturated rings. The third-order valence-electron chi connectivity index (χ3n) is 2.19. The summed E-state index contributed by atoms with van der Waals surface area (Å²) >= 11 is 9.41. The summed E-state index contributed by atoms with van der Waals surface area (Å²) in [6, 6.07) is 5.99. The molecule has 1 aromatic heterocycles. The minimum absolute atomic E-state index is 0.384. The van der Waals surface area contributed by atoms with E-state index in [9.17, 15) is 0 Å². The smallest absolute Gasteiger partial charge is 0.229 e. The molecule has 5 heteroatoms. The van der Waals surface area contributed by atoms with Crippen molar-refractivity contribution in [2.24, 2.45) is 0 Å². The van der Waals surface area contributed by atoms with Crippen LogP contribution in [0.3, 0.4) is 0 Å². The molecule has 1 aromatic carbocycles. The normalized spacial score (nSPS) is 10.7. The summed E-state index contributed by atoms with van der Waals surface area (Å²) in [4.78, 5) is 0. The monoisotopic (exact) mass is 285 g/mol. The minimum atomic E-state index is 0.384. The third-order valence-corrected chi connectivity index (χ3v) is 3.32. The van der Waals surface area contributed by atoms with Crippen LogP contribution in [0.2, 0.25) is 5.28 Å². The first kappa shape index (κ1) is 10.6. The Bertz CT molecular complexity index is 488. The molecule has 0 radical (unpaired) electrons. The van der Waals surface area contributed by atoms with Crippen LogP contribution in [0.5, 0.6) is 0 Å². The number of nitrogens with zero attached hydrogens (tertiary/aromatic N) is 3. The minimum Gasteiger partial charge on any atom is -0.270 e. The predicted molar refractivity (Wildman–Crippen MR) is 63.5 cm³/mol. The molecule has 78 valence electrons. The molecule has 2 aromatic rings. The molecule has 3 nitrogen and oxygen atoms in total. The summed E-state index contributed by atoms with van der Waals surface area (Å²) in [5.41, 5.74) is 2.12. The molecule has 0 N–H and O–H groups in total. The highest BCUT2D eigenvalue weighted by Crippen LogP contribution is 2.22. The average Bonchev–Trinajstić information content (AvgIpc) is 2.52. The highest BCUT2D eigenvalue weighted by atomic mass is 79.9. The lowest BCUT2D eigenvalue weighted by Gasteiger charge is -2.07. The van der Waals surface area contributed by atoms with Crippen LogP contribution in [0.4, 0.5) is 0 Å². The fraction of sp³-hybridized carbons (Fsp3) is 0.200. The number of benzene rings is 1. The molecule has 15 heavy (non-hydrogen) atoms. The Morgan fingerprint density at radius 2 is 2.00 bits per heavy atom. The molecule has 1 heterocycles. The van der Waals surface area contributed by atoms with Crippen LogP contribution < -0.4 is 0 Å². The second kappa shape index (κ2) is 3.94. The quantitative estimate of drug-likeness (QED) is 0.805. The summed E-state index contributed by atoms with van der Waals surface area (Å²) in [5, 5.41) is 8.11. The Kier molecular flexibility index (Phi) is 2.80. The van der Waals surface area contributed by atoms with Crippen molar-refractivity contribution in [2.45, 2.75) is 13.8 Å². The SMILES string of the molecule is Cc1cc(-n2c(C)nnc2Cl)ccc1Br. The second-order valence-corrected chi connectivity index (χ2v) is 4.48. The molecule has 0 bridgehead atoms. The van der Waals surface area contributed by atoms with Gasteiger partial charge in [-0.1, -0.05) is 15.9 Å². The van der Waals surface area contributed by atoms with Crippen LogP contribution in [-0.4, -0.2) is 14.8 Å². The summed E-state index contributed by atoms with van der Waals surface area (Å²) in [6.07, 6.45) is 0. The molecular weight excluding hydrogens is 277 g/mol. The molecule has 0 spiro atoms. The Hall–Kier alpha value is -0.870. The van der Waals surface area contributed by atoms with Gasteiger partial charge in [-0.05, 0) is 49.2 Å². The van der Waals surface area contributed by atoms with Crippen LogP contribution >= 0.6 is 27.5 Å². The lowest BCUT2D eigenvalue weighted by molar-refractivity contribution is 0.967. The highest BCUT2D eigenvalue weighted by Gasteiger charge is 2.08. The number of hydrogen-bond acceptors (Lipinski definition) is 2. The summed E-state index contributed by atoms with van der Waals surface area (Å²) < 4.78 is 2.88. The molecule has 0 saturated carbocycles. The second-order valence-electron chi connectivity index (χ2n) is 3.29. The van der Waals surface area contributed by atoms with Gasteiger partial charge >= 0.3 is 0 Å². The van der Waals surface area contributed by atoms with E-state index in [4.69, 9.17) is 11.6 Å². The fourth-order valence-corrected chi connectivity index (χ4v) is 1.90. The standard InChI is InChI=1S/C10H9BrClN3/c1-6-5-8(3-4-9(6)11)15-7(2)13-14-10(15)12/h3-5H,1-2H3. The van der Waals surface area contributed by atoms with Gasteiger partial charge in [-0.15, -0.1) is 10.2 Å². The van der Waals surface area contributed by atoms with Crippen molar-refractivity contribution >= 4 is 27.5 Å². The molecule has 0 aliphatic carbocycles. The van der Waals surface area contributed by atoms with Gasteiger partial charge in [0.25, 0.3) is 0 Å². The van der Waals surface area contributed by atoms with Crippen molar-refractivity contribution in [3.8, 4) is 5.69 Å². The van der Waals surface area contributed by atoms with Crippen LogP contribution in [-0.2, 0) is 0 Å². The van der Waals surface area contributed by atoms with E-state index in [0.29, 0.717) is 5.28 Å². The van der Waals surface area contributed by atoms with Crippen molar-refractivity contribution in [3.63, 3.8) is 0 Å². The number of rotatable bonds is 1. The number of aryl methyl sites for hydroxylation is 2. The lowest BCUT2D eigenvalue weighted by atomic mass is 10.2. The topological polar surface area (TPSA) is 30.7 Å². The van der Waals surface area contributed by atoms with Crippen molar-refractivity contribution < 1.29 is 0 Å². The number of aromatic nitrogens is 3. The van der Waals surface area contributed by atoms with Crippen molar-refractivity contribution in [1.29, 1.82) is 0 Å². The van der Waals surface area contributed by atoms with Gasteiger partial charge in [-0.2, -0.15) is 0 Å².